The van der Waals surface area contributed by atoms with Gasteiger partial charge in [0, 0.05) is 23.3 Å². The summed E-state index contributed by atoms with van der Waals surface area (Å²) in [6.07, 6.45) is 5.60. The molecule has 8 heteroatoms. The van der Waals surface area contributed by atoms with Crippen molar-refractivity contribution in [1.29, 1.82) is 0 Å². The average molecular weight is 384 g/mol. The number of amides is 2. The third kappa shape index (κ3) is 3.81. The Morgan fingerprint density at radius 1 is 1.00 bits per heavy atom. The summed E-state index contributed by atoms with van der Waals surface area (Å²) < 4.78 is 18.3. The van der Waals surface area contributed by atoms with Crippen LogP contribution in [0, 0.1) is 5.95 Å². The second-order valence-electron chi connectivity index (χ2n) is 7.57. The number of hydrogen-bond donors (Lipinski definition) is 2. The van der Waals surface area contributed by atoms with Crippen LogP contribution in [-0.2, 0) is 0 Å². The van der Waals surface area contributed by atoms with Crippen LogP contribution < -0.4 is 15.4 Å². The quantitative estimate of drug-likeness (QED) is 0.791. The molecule has 0 aromatic carbocycles. The van der Waals surface area contributed by atoms with Crippen molar-refractivity contribution < 1.29 is 18.7 Å². The summed E-state index contributed by atoms with van der Waals surface area (Å²) in [6.45, 7) is 0. The van der Waals surface area contributed by atoms with Gasteiger partial charge in [0.25, 0.3) is 5.91 Å². The number of nitrogens with zero attached hydrogens (tertiary/aromatic N) is 2. The van der Waals surface area contributed by atoms with Crippen molar-refractivity contribution in [2.45, 2.75) is 49.6 Å². The number of fused-ring (bicyclic) bond motifs is 2. The summed E-state index contributed by atoms with van der Waals surface area (Å²) >= 11 is 0. The summed E-state index contributed by atoms with van der Waals surface area (Å²) in [5.41, 5.74) is -0.429. The van der Waals surface area contributed by atoms with E-state index in [1.165, 1.54) is 18.2 Å². The van der Waals surface area contributed by atoms with E-state index in [0.717, 1.165) is 32.1 Å². The molecule has 2 aromatic rings. The Kier molecular flexibility index (Phi) is 4.70. The summed E-state index contributed by atoms with van der Waals surface area (Å²) in [4.78, 5) is 32.5. The maximum atomic E-state index is 13.2. The Morgan fingerprint density at radius 2 is 1.79 bits per heavy atom. The van der Waals surface area contributed by atoms with E-state index in [-0.39, 0.29) is 17.3 Å². The number of hydrogen-bond acceptors (Lipinski definition) is 5. The number of nitrogens with one attached hydrogen (secondary N) is 2. The lowest BCUT2D eigenvalue weighted by Gasteiger charge is -2.40. The van der Waals surface area contributed by atoms with E-state index in [1.54, 1.807) is 24.4 Å². The monoisotopic (exact) mass is 384 g/mol. The SMILES string of the molecule is O=C(N[C@]12CCC[C@](NC(=O)c3ccccn3)(CC1)C2)Oc1cccc(F)n1. The highest BCUT2D eigenvalue weighted by atomic mass is 19.1. The highest BCUT2D eigenvalue weighted by Crippen LogP contribution is 2.48. The summed E-state index contributed by atoms with van der Waals surface area (Å²) in [6, 6.07) is 9.25. The Labute approximate surface area is 161 Å². The first-order chi connectivity index (χ1) is 13.5. The normalized spacial score (nSPS) is 25.8. The lowest BCUT2D eigenvalue weighted by Crippen LogP contribution is -2.55. The molecule has 4 rings (SSSR count). The highest BCUT2D eigenvalue weighted by molar-refractivity contribution is 5.92. The number of aromatic nitrogens is 2. The minimum Gasteiger partial charge on any atom is -0.391 e. The molecule has 2 amide bonds. The summed E-state index contributed by atoms with van der Waals surface area (Å²) in [5, 5.41) is 6.08. The molecule has 2 aliphatic rings. The Balaban J connectivity index is 1.42. The Bertz CT molecular complexity index is 894. The molecule has 146 valence electrons. The number of ether oxygens (including phenoxy) is 1. The topological polar surface area (TPSA) is 93.2 Å². The van der Waals surface area contributed by atoms with Gasteiger partial charge in [0.2, 0.25) is 11.8 Å². The first-order valence-electron chi connectivity index (χ1n) is 9.34. The molecular weight excluding hydrogens is 363 g/mol. The van der Waals surface area contributed by atoms with Crippen LogP contribution in [0.1, 0.15) is 49.0 Å². The smallest absolute Gasteiger partial charge is 0.391 e. The largest absolute Gasteiger partial charge is 0.414 e. The van der Waals surface area contributed by atoms with Crippen molar-refractivity contribution >= 4 is 12.0 Å². The Morgan fingerprint density at radius 3 is 2.50 bits per heavy atom. The molecule has 0 aliphatic heterocycles. The van der Waals surface area contributed by atoms with Crippen LogP contribution in [0.5, 0.6) is 5.88 Å². The van der Waals surface area contributed by atoms with Crippen LogP contribution in [0.2, 0.25) is 0 Å². The number of carbonyl (C=O) groups excluding carboxylic acids is 2. The van der Waals surface area contributed by atoms with Crippen LogP contribution in [0.4, 0.5) is 9.18 Å². The Hall–Kier alpha value is -3.03. The van der Waals surface area contributed by atoms with Crippen molar-refractivity contribution in [2.75, 3.05) is 0 Å². The van der Waals surface area contributed by atoms with E-state index >= 15 is 0 Å². The predicted octanol–water partition coefficient (Wildman–Crippen LogP) is 2.98. The van der Waals surface area contributed by atoms with Crippen LogP contribution in [0.3, 0.4) is 0 Å². The average Bonchev–Trinajstić information content (AvgIpc) is 2.92. The molecule has 0 saturated heterocycles. The number of halogens is 1. The zero-order chi connectivity index (χ0) is 19.6. The molecule has 2 bridgehead atoms. The number of rotatable bonds is 4. The van der Waals surface area contributed by atoms with E-state index in [4.69, 9.17) is 4.74 Å². The maximum absolute atomic E-state index is 13.2. The molecule has 2 N–H and O–H groups in total. The lowest BCUT2D eigenvalue weighted by molar-refractivity contribution is 0.0865. The van der Waals surface area contributed by atoms with E-state index in [2.05, 4.69) is 20.6 Å². The van der Waals surface area contributed by atoms with Gasteiger partial charge in [-0.05, 0) is 56.7 Å². The van der Waals surface area contributed by atoms with Crippen LogP contribution >= 0.6 is 0 Å². The third-order valence-corrected chi connectivity index (χ3v) is 5.60. The second-order valence-corrected chi connectivity index (χ2v) is 7.57. The van der Waals surface area contributed by atoms with E-state index < -0.39 is 17.6 Å². The minimum atomic E-state index is -0.710. The van der Waals surface area contributed by atoms with Gasteiger partial charge in [-0.3, -0.25) is 9.78 Å². The second kappa shape index (κ2) is 7.18. The van der Waals surface area contributed by atoms with Crippen LogP contribution in [-0.4, -0.2) is 33.0 Å². The van der Waals surface area contributed by atoms with Gasteiger partial charge in [0.15, 0.2) is 0 Å². The van der Waals surface area contributed by atoms with Crippen molar-refractivity contribution in [3.05, 3.63) is 54.2 Å². The molecule has 2 atom stereocenters. The molecular formula is C20H21FN4O3. The molecule has 2 heterocycles. The first-order valence-corrected chi connectivity index (χ1v) is 9.34. The zero-order valence-corrected chi connectivity index (χ0v) is 15.3. The van der Waals surface area contributed by atoms with Crippen molar-refractivity contribution in [1.82, 2.24) is 20.6 Å². The number of carbonyl (C=O) groups is 2. The minimum absolute atomic E-state index is 0.0857. The standard InChI is InChI=1S/C20H21FN4O3/c21-15-6-3-7-16(23-15)28-18(27)25-20-9-4-8-19(13-20,10-11-20)24-17(26)14-5-1-2-12-22-14/h1-3,5-7,12H,4,8-11,13H2,(H,24,26)(H,25,27)/t19-,20+/m0/s1. The van der Waals surface area contributed by atoms with Gasteiger partial charge in [0.05, 0.1) is 0 Å². The predicted molar refractivity (Wildman–Crippen MR) is 98.2 cm³/mol. The van der Waals surface area contributed by atoms with Crippen LogP contribution in [0.15, 0.2) is 42.6 Å². The molecule has 0 spiro atoms. The van der Waals surface area contributed by atoms with Crippen molar-refractivity contribution in [2.24, 2.45) is 0 Å². The van der Waals surface area contributed by atoms with Gasteiger partial charge in [-0.15, -0.1) is 0 Å². The van der Waals surface area contributed by atoms with Gasteiger partial charge in [-0.1, -0.05) is 12.1 Å². The lowest BCUT2D eigenvalue weighted by atomic mass is 9.78. The molecule has 2 saturated carbocycles. The van der Waals surface area contributed by atoms with Crippen molar-refractivity contribution in [3.8, 4) is 5.88 Å². The fourth-order valence-corrected chi connectivity index (χ4v) is 4.42. The van der Waals surface area contributed by atoms with Gasteiger partial charge < -0.3 is 15.4 Å². The highest BCUT2D eigenvalue weighted by Gasteiger charge is 2.52. The molecule has 2 aliphatic carbocycles. The molecule has 2 fully saturated rings. The van der Waals surface area contributed by atoms with E-state index in [0.29, 0.717) is 12.1 Å². The number of pyridine rings is 2. The third-order valence-electron chi connectivity index (χ3n) is 5.60. The van der Waals surface area contributed by atoms with Crippen LogP contribution in [0.25, 0.3) is 0 Å². The van der Waals surface area contributed by atoms with Gasteiger partial charge in [0.1, 0.15) is 5.69 Å². The fourth-order valence-electron chi connectivity index (χ4n) is 4.42. The van der Waals surface area contributed by atoms with Gasteiger partial charge >= 0.3 is 6.09 Å². The molecule has 0 unspecified atom stereocenters. The molecule has 28 heavy (non-hydrogen) atoms. The first kappa shape index (κ1) is 18.3. The van der Waals surface area contributed by atoms with Crippen molar-refractivity contribution in [3.63, 3.8) is 0 Å². The zero-order valence-electron chi connectivity index (χ0n) is 15.3. The molecule has 7 nitrogen and oxygen atoms in total. The molecule has 0 radical (unpaired) electrons. The summed E-state index contributed by atoms with van der Waals surface area (Å²) in [5.74, 6) is -1.000. The molecule has 2 aromatic heterocycles. The maximum Gasteiger partial charge on any atom is 0.414 e. The fraction of sp³-hybridized carbons (Fsp3) is 0.400. The van der Waals surface area contributed by atoms with Gasteiger partial charge in [-0.2, -0.15) is 9.37 Å². The summed E-state index contributed by atoms with van der Waals surface area (Å²) in [7, 11) is 0. The van der Waals surface area contributed by atoms with Gasteiger partial charge in [-0.25, -0.2) is 4.79 Å². The van der Waals surface area contributed by atoms with E-state index in [9.17, 15) is 14.0 Å². The van der Waals surface area contributed by atoms with E-state index in [1.807, 2.05) is 0 Å².